The normalized spacial score (nSPS) is 14.3. The maximum absolute atomic E-state index is 14.6. The van der Waals surface area contributed by atoms with Crippen LogP contribution in [0, 0.1) is 23.3 Å². The SMILES string of the molecule is COc1cc(C(C)=O)ccc1Oc1c(F)c(F)c(C=CCN2CCOCC2)c(F)c1F.Cl. The second kappa shape index (κ2) is 11.3. The predicted molar refractivity (Wildman–Crippen MR) is 113 cm³/mol. The van der Waals surface area contributed by atoms with E-state index in [1.165, 1.54) is 38.3 Å². The Bertz CT molecular complexity index is 981. The van der Waals surface area contributed by atoms with E-state index in [4.69, 9.17) is 14.2 Å². The van der Waals surface area contributed by atoms with Gasteiger partial charge in [0.15, 0.2) is 28.9 Å². The van der Waals surface area contributed by atoms with Crippen LogP contribution in [0.2, 0.25) is 0 Å². The van der Waals surface area contributed by atoms with Gasteiger partial charge in [0.1, 0.15) is 0 Å². The van der Waals surface area contributed by atoms with Crippen molar-refractivity contribution < 1.29 is 36.6 Å². The van der Waals surface area contributed by atoms with E-state index in [2.05, 4.69) is 0 Å². The molecular formula is C22H22ClF4NO4. The van der Waals surface area contributed by atoms with Crippen molar-refractivity contribution in [2.45, 2.75) is 6.92 Å². The fourth-order valence-electron chi connectivity index (χ4n) is 3.05. The largest absolute Gasteiger partial charge is 0.493 e. The lowest BCUT2D eigenvalue weighted by Gasteiger charge is -2.25. The molecule has 2 aromatic carbocycles. The van der Waals surface area contributed by atoms with Gasteiger partial charge in [-0.25, -0.2) is 8.78 Å². The van der Waals surface area contributed by atoms with Crippen molar-refractivity contribution in [2.24, 2.45) is 0 Å². The fraction of sp³-hybridized carbons (Fsp3) is 0.318. The first-order valence-corrected chi connectivity index (χ1v) is 9.52. The van der Waals surface area contributed by atoms with E-state index in [9.17, 15) is 22.4 Å². The van der Waals surface area contributed by atoms with Crippen LogP contribution < -0.4 is 9.47 Å². The number of halogens is 5. The lowest BCUT2D eigenvalue weighted by atomic mass is 10.1. The first-order chi connectivity index (χ1) is 14.8. The average molecular weight is 476 g/mol. The van der Waals surface area contributed by atoms with Crippen LogP contribution in [0.25, 0.3) is 6.08 Å². The second-order valence-electron chi connectivity index (χ2n) is 6.84. The lowest BCUT2D eigenvalue weighted by Crippen LogP contribution is -2.36. The molecule has 10 heteroatoms. The highest BCUT2D eigenvalue weighted by Crippen LogP contribution is 2.38. The minimum Gasteiger partial charge on any atom is -0.493 e. The number of methoxy groups -OCH3 is 1. The summed E-state index contributed by atoms with van der Waals surface area (Å²) in [6, 6.07) is 3.86. The number of ether oxygens (including phenoxy) is 3. The third-order valence-electron chi connectivity index (χ3n) is 4.79. The van der Waals surface area contributed by atoms with E-state index in [1.54, 1.807) is 0 Å². The molecule has 0 atom stereocenters. The Kier molecular flexibility index (Phi) is 9.06. The van der Waals surface area contributed by atoms with Gasteiger partial charge in [0.05, 0.1) is 25.9 Å². The highest BCUT2D eigenvalue weighted by atomic mass is 35.5. The summed E-state index contributed by atoms with van der Waals surface area (Å²) in [5, 5.41) is 0. The number of rotatable bonds is 7. The van der Waals surface area contributed by atoms with Crippen LogP contribution in [-0.2, 0) is 4.74 Å². The van der Waals surface area contributed by atoms with Crippen molar-refractivity contribution in [1.29, 1.82) is 0 Å². The summed E-state index contributed by atoms with van der Waals surface area (Å²) in [5.74, 6) is -8.26. The molecule has 1 aliphatic rings. The second-order valence-corrected chi connectivity index (χ2v) is 6.84. The number of morpholine rings is 1. The van der Waals surface area contributed by atoms with Crippen LogP contribution >= 0.6 is 12.4 Å². The molecule has 32 heavy (non-hydrogen) atoms. The van der Waals surface area contributed by atoms with E-state index in [0.29, 0.717) is 32.8 Å². The molecule has 0 aromatic heterocycles. The zero-order chi connectivity index (χ0) is 22.5. The van der Waals surface area contributed by atoms with Gasteiger partial charge in [-0.15, -0.1) is 12.4 Å². The molecule has 2 aromatic rings. The summed E-state index contributed by atoms with van der Waals surface area (Å²) in [6.07, 6.45) is 2.42. The molecule has 0 unspecified atom stereocenters. The smallest absolute Gasteiger partial charge is 0.205 e. The van der Waals surface area contributed by atoms with Gasteiger partial charge in [0.25, 0.3) is 0 Å². The summed E-state index contributed by atoms with van der Waals surface area (Å²) in [6.45, 7) is 4.06. The summed E-state index contributed by atoms with van der Waals surface area (Å²) in [5.41, 5.74) is -0.572. The van der Waals surface area contributed by atoms with E-state index >= 15 is 0 Å². The Hall–Kier alpha value is -2.62. The molecule has 1 saturated heterocycles. The molecule has 1 fully saturated rings. The number of Topliss-reactive ketones (excluding diaryl/α,β-unsaturated/α-hetero) is 1. The molecule has 0 aliphatic carbocycles. The Morgan fingerprint density at radius 3 is 2.25 bits per heavy atom. The zero-order valence-corrected chi connectivity index (χ0v) is 18.2. The molecule has 5 nitrogen and oxygen atoms in total. The van der Waals surface area contributed by atoms with Gasteiger partial charge in [-0.1, -0.05) is 12.2 Å². The summed E-state index contributed by atoms with van der Waals surface area (Å²) < 4.78 is 73.5. The number of carbonyl (C=O) groups excluding carboxylic acids is 1. The lowest BCUT2D eigenvalue weighted by molar-refractivity contribution is 0.0435. The maximum atomic E-state index is 14.6. The summed E-state index contributed by atoms with van der Waals surface area (Å²) in [7, 11) is 1.25. The van der Waals surface area contributed by atoms with Crippen molar-refractivity contribution >= 4 is 24.3 Å². The molecule has 0 amide bonds. The highest BCUT2D eigenvalue weighted by Gasteiger charge is 2.27. The molecule has 0 bridgehead atoms. The van der Waals surface area contributed by atoms with Crippen LogP contribution in [-0.4, -0.2) is 50.6 Å². The maximum Gasteiger partial charge on any atom is 0.205 e. The van der Waals surface area contributed by atoms with E-state index < -0.39 is 34.6 Å². The number of ketones is 1. The van der Waals surface area contributed by atoms with Crippen molar-refractivity contribution in [3.63, 3.8) is 0 Å². The Labute approximate surface area is 189 Å². The third kappa shape index (κ3) is 5.59. The standard InChI is InChI=1S/C22H21F4NO4.ClH/c1-13(28)14-5-6-16(17(12-14)29-2)31-22-20(25)18(23)15(19(24)21(22)26)4-3-7-27-8-10-30-11-9-27;/h3-6,12H,7-11H2,1-2H3;1H. The first-order valence-electron chi connectivity index (χ1n) is 9.52. The van der Waals surface area contributed by atoms with Crippen molar-refractivity contribution in [2.75, 3.05) is 40.0 Å². The Morgan fingerprint density at radius 1 is 1.06 bits per heavy atom. The van der Waals surface area contributed by atoms with Gasteiger partial charge < -0.3 is 14.2 Å². The van der Waals surface area contributed by atoms with E-state index in [1.807, 2.05) is 4.90 Å². The van der Waals surface area contributed by atoms with Gasteiger partial charge in [-0.2, -0.15) is 8.78 Å². The summed E-state index contributed by atoms with van der Waals surface area (Å²) >= 11 is 0. The molecule has 0 saturated carbocycles. The molecule has 0 N–H and O–H groups in total. The van der Waals surface area contributed by atoms with Crippen LogP contribution in [0.1, 0.15) is 22.8 Å². The van der Waals surface area contributed by atoms with Gasteiger partial charge in [0.2, 0.25) is 17.4 Å². The van der Waals surface area contributed by atoms with Gasteiger partial charge >= 0.3 is 0 Å². The quantitative estimate of drug-likeness (QED) is 0.320. The van der Waals surface area contributed by atoms with Gasteiger partial charge in [-0.05, 0) is 25.1 Å². The van der Waals surface area contributed by atoms with Crippen LogP contribution in [0.4, 0.5) is 17.6 Å². The number of nitrogens with zero attached hydrogens (tertiary/aromatic N) is 1. The van der Waals surface area contributed by atoms with Crippen molar-refractivity contribution in [3.8, 4) is 17.2 Å². The number of hydrogen-bond donors (Lipinski definition) is 0. The van der Waals surface area contributed by atoms with Crippen molar-refractivity contribution in [3.05, 3.63) is 58.7 Å². The topological polar surface area (TPSA) is 48.0 Å². The fourth-order valence-corrected chi connectivity index (χ4v) is 3.05. The number of carbonyl (C=O) groups is 1. The average Bonchev–Trinajstić information content (AvgIpc) is 2.78. The first kappa shape index (κ1) is 25.6. The van der Waals surface area contributed by atoms with E-state index in [-0.39, 0.29) is 35.3 Å². The predicted octanol–water partition coefficient (Wildman–Crippen LogP) is 5.01. The molecule has 1 aliphatic heterocycles. The van der Waals surface area contributed by atoms with Gasteiger partial charge in [-0.3, -0.25) is 9.69 Å². The van der Waals surface area contributed by atoms with Crippen molar-refractivity contribution in [1.82, 2.24) is 4.90 Å². The van der Waals surface area contributed by atoms with Gasteiger partial charge in [0, 0.05) is 25.2 Å². The highest BCUT2D eigenvalue weighted by molar-refractivity contribution is 5.94. The summed E-state index contributed by atoms with van der Waals surface area (Å²) in [4.78, 5) is 13.4. The van der Waals surface area contributed by atoms with Crippen LogP contribution in [0.15, 0.2) is 24.3 Å². The molecular weight excluding hydrogens is 454 g/mol. The molecule has 3 rings (SSSR count). The minimum atomic E-state index is -1.68. The monoisotopic (exact) mass is 475 g/mol. The number of benzene rings is 2. The molecule has 1 heterocycles. The molecule has 174 valence electrons. The Balaban J connectivity index is 0.00000363. The zero-order valence-electron chi connectivity index (χ0n) is 17.4. The molecule has 0 radical (unpaired) electrons. The molecule has 0 spiro atoms. The van der Waals surface area contributed by atoms with Crippen LogP contribution in [0.3, 0.4) is 0 Å². The Morgan fingerprint density at radius 2 is 1.69 bits per heavy atom. The minimum absolute atomic E-state index is 0. The van der Waals surface area contributed by atoms with Crippen LogP contribution in [0.5, 0.6) is 17.2 Å². The van der Waals surface area contributed by atoms with E-state index in [0.717, 1.165) is 6.08 Å². The third-order valence-corrected chi connectivity index (χ3v) is 4.79. The number of hydrogen-bond acceptors (Lipinski definition) is 5.